The Morgan fingerprint density at radius 3 is 2.60 bits per heavy atom. The Labute approximate surface area is 184 Å². The summed E-state index contributed by atoms with van der Waals surface area (Å²) < 4.78 is 13.0. The van der Waals surface area contributed by atoms with E-state index in [1.54, 1.807) is 0 Å². The summed E-state index contributed by atoms with van der Waals surface area (Å²) >= 11 is 6.28. The van der Waals surface area contributed by atoms with Crippen LogP contribution in [0.5, 0.6) is 5.75 Å². The average Bonchev–Trinajstić information content (AvgIpc) is 2.77. The van der Waals surface area contributed by atoms with Crippen LogP contribution in [-0.2, 0) is 9.53 Å². The molecule has 1 amide bonds. The number of likely N-dealkylation sites (tertiary alicyclic amines) is 2. The van der Waals surface area contributed by atoms with Crippen LogP contribution < -0.4 is 4.74 Å². The van der Waals surface area contributed by atoms with Crippen LogP contribution in [0.2, 0.25) is 5.02 Å². The first kappa shape index (κ1) is 20.6. The minimum absolute atomic E-state index is 0.0508. The van der Waals surface area contributed by atoms with Gasteiger partial charge < -0.3 is 19.3 Å². The van der Waals surface area contributed by atoms with Gasteiger partial charge in [0.15, 0.2) is 0 Å². The largest absolute Gasteiger partial charge is 0.486 e. The number of hydrogen-bond acceptors (Lipinski definition) is 4. The van der Waals surface area contributed by atoms with Gasteiger partial charge in [-0.25, -0.2) is 0 Å². The van der Waals surface area contributed by atoms with Gasteiger partial charge >= 0.3 is 0 Å². The molecule has 4 heterocycles. The van der Waals surface area contributed by atoms with Crippen LogP contribution in [-0.4, -0.2) is 61.1 Å². The molecule has 1 spiro atoms. The fraction of sp³-hybridized carbons (Fsp3) is 0.708. The van der Waals surface area contributed by atoms with Crippen molar-refractivity contribution in [3.05, 3.63) is 28.8 Å². The Balaban J connectivity index is 1.34. The molecule has 0 aliphatic carbocycles. The first-order chi connectivity index (χ1) is 14.4. The highest BCUT2D eigenvalue weighted by Crippen LogP contribution is 2.53. The van der Waals surface area contributed by atoms with Gasteiger partial charge in [-0.05, 0) is 64.0 Å². The highest BCUT2D eigenvalue weighted by Gasteiger charge is 2.53. The summed E-state index contributed by atoms with van der Waals surface area (Å²) in [5, 5.41) is 0.730. The lowest BCUT2D eigenvalue weighted by Crippen LogP contribution is -2.59. The molecule has 5 rings (SSSR count). The summed E-state index contributed by atoms with van der Waals surface area (Å²) in [5.74, 6) is 1.57. The lowest BCUT2D eigenvalue weighted by molar-refractivity contribution is -0.162. The van der Waals surface area contributed by atoms with Gasteiger partial charge in [0.05, 0.1) is 6.10 Å². The van der Waals surface area contributed by atoms with Crippen LogP contribution in [0.15, 0.2) is 18.2 Å². The van der Waals surface area contributed by atoms with Crippen molar-refractivity contribution >= 4 is 17.5 Å². The zero-order valence-corrected chi connectivity index (χ0v) is 18.9. The second-order valence-electron chi connectivity index (χ2n) is 10.0. The molecule has 164 valence electrons. The molecule has 6 heteroatoms. The SMILES string of the molecule is CN1CCC(C)(C(=O)N2CCC3(CC2)Oc2ccc(Cl)cc2[C@H]2OCCC[C@@H]23)CC1. The van der Waals surface area contributed by atoms with Gasteiger partial charge in [-0.2, -0.15) is 0 Å². The van der Waals surface area contributed by atoms with E-state index in [-0.39, 0.29) is 17.1 Å². The molecule has 2 atom stereocenters. The summed E-state index contributed by atoms with van der Waals surface area (Å²) in [6, 6.07) is 5.90. The number of halogens is 1. The summed E-state index contributed by atoms with van der Waals surface area (Å²) in [4.78, 5) is 17.8. The Kier molecular flexibility index (Phi) is 5.27. The number of amides is 1. The second kappa shape index (κ2) is 7.68. The van der Waals surface area contributed by atoms with Gasteiger partial charge in [-0.3, -0.25) is 4.79 Å². The van der Waals surface area contributed by atoms with Crippen LogP contribution in [0, 0.1) is 11.3 Å². The quantitative estimate of drug-likeness (QED) is 0.663. The molecule has 3 fully saturated rings. The van der Waals surface area contributed by atoms with Crippen LogP contribution >= 0.6 is 11.6 Å². The van der Waals surface area contributed by atoms with Gasteiger partial charge in [-0.15, -0.1) is 0 Å². The van der Waals surface area contributed by atoms with Crippen molar-refractivity contribution < 1.29 is 14.3 Å². The number of benzene rings is 1. The number of fused-ring (bicyclic) bond motifs is 4. The third-order valence-electron chi connectivity index (χ3n) is 8.09. The summed E-state index contributed by atoms with van der Waals surface area (Å²) in [6.45, 7) is 6.51. The molecule has 0 aromatic heterocycles. The maximum absolute atomic E-state index is 13.4. The van der Waals surface area contributed by atoms with E-state index < -0.39 is 0 Å². The number of carbonyl (C=O) groups excluding carboxylic acids is 1. The zero-order chi connectivity index (χ0) is 20.9. The van der Waals surface area contributed by atoms with E-state index in [2.05, 4.69) is 23.8 Å². The van der Waals surface area contributed by atoms with Crippen molar-refractivity contribution in [2.75, 3.05) is 39.8 Å². The lowest BCUT2D eigenvalue weighted by atomic mass is 9.69. The van der Waals surface area contributed by atoms with Crippen molar-refractivity contribution in [2.45, 2.75) is 57.2 Å². The standard InChI is InChI=1S/C24H33ClN2O3/c1-23(7-11-26(2)12-8-23)22(28)27-13-9-24(10-14-27)19-4-3-15-29-21(19)18-16-17(25)5-6-20(18)30-24/h5-6,16,19,21H,3-4,7-15H2,1-2H3/t19-,21+/m0/s1. The number of ether oxygens (including phenoxy) is 2. The van der Waals surface area contributed by atoms with Crippen molar-refractivity contribution in [3.8, 4) is 5.75 Å². The normalized spacial score (nSPS) is 30.3. The van der Waals surface area contributed by atoms with Gasteiger partial charge in [-0.1, -0.05) is 18.5 Å². The third kappa shape index (κ3) is 3.43. The Bertz CT molecular complexity index is 813. The second-order valence-corrected chi connectivity index (χ2v) is 10.5. The van der Waals surface area contributed by atoms with E-state index in [1.165, 1.54) is 0 Å². The van der Waals surface area contributed by atoms with Crippen LogP contribution in [0.3, 0.4) is 0 Å². The molecule has 0 N–H and O–H groups in total. The molecule has 3 saturated heterocycles. The average molecular weight is 433 g/mol. The Hall–Kier alpha value is -1.30. The molecular formula is C24H33ClN2O3. The van der Waals surface area contributed by atoms with Crippen LogP contribution in [0.4, 0.5) is 0 Å². The third-order valence-corrected chi connectivity index (χ3v) is 8.33. The molecular weight excluding hydrogens is 400 g/mol. The predicted octanol–water partition coefficient (Wildman–Crippen LogP) is 4.29. The molecule has 0 saturated carbocycles. The van der Waals surface area contributed by atoms with E-state index in [4.69, 9.17) is 21.1 Å². The predicted molar refractivity (Wildman–Crippen MR) is 117 cm³/mol. The van der Waals surface area contributed by atoms with E-state index >= 15 is 0 Å². The number of rotatable bonds is 1. The molecule has 30 heavy (non-hydrogen) atoms. The highest BCUT2D eigenvalue weighted by molar-refractivity contribution is 6.30. The zero-order valence-electron chi connectivity index (χ0n) is 18.2. The summed E-state index contributed by atoms with van der Waals surface area (Å²) in [6.07, 6.45) is 5.88. The number of hydrogen-bond donors (Lipinski definition) is 0. The van der Waals surface area contributed by atoms with Crippen molar-refractivity contribution in [3.63, 3.8) is 0 Å². The van der Waals surface area contributed by atoms with Crippen LogP contribution in [0.1, 0.15) is 57.1 Å². The number of nitrogens with zero attached hydrogens (tertiary/aromatic N) is 2. The van der Waals surface area contributed by atoms with Crippen molar-refractivity contribution in [1.82, 2.24) is 9.80 Å². The van der Waals surface area contributed by atoms with Gasteiger partial charge in [0.2, 0.25) is 5.91 Å². The fourth-order valence-electron chi connectivity index (χ4n) is 6.02. The first-order valence-corrected chi connectivity index (χ1v) is 11.9. The molecule has 1 aromatic rings. The number of carbonyl (C=O) groups is 1. The molecule has 1 aromatic carbocycles. The lowest BCUT2D eigenvalue weighted by Gasteiger charge is -2.54. The molecule has 0 radical (unpaired) electrons. The molecule has 0 unspecified atom stereocenters. The van der Waals surface area contributed by atoms with Gasteiger partial charge in [0.1, 0.15) is 11.4 Å². The minimum atomic E-state index is -0.240. The molecule has 5 nitrogen and oxygen atoms in total. The van der Waals surface area contributed by atoms with Crippen molar-refractivity contribution in [2.24, 2.45) is 11.3 Å². The van der Waals surface area contributed by atoms with Gasteiger partial charge in [0.25, 0.3) is 0 Å². The van der Waals surface area contributed by atoms with Crippen LogP contribution in [0.25, 0.3) is 0 Å². The summed E-state index contributed by atoms with van der Waals surface area (Å²) in [7, 11) is 2.14. The topological polar surface area (TPSA) is 42.0 Å². The van der Waals surface area contributed by atoms with Crippen molar-refractivity contribution in [1.29, 1.82) is 0 Å². The maximum atomic E-state index is 13.4. The van der Waals surface area contributed by atoms with E-state index in [1.807, 2.05) is 18.2 Å². The van der Waals surface area contributed by atoms with E-state index in [9.17, 15) is 4.79 Å². The Morgan fingerprint density at radius 2 is 1.87 bits per heavy atom. The fourth-order valence-corrected chi connectivity index (χ4v) is 6.21. The first-order valence-electron chi connectivity index (χ1n) is 11.5. The highest BCUT2D eigenvalue weighted by atomic mass is 35.5. The minimum Gasteiger partial charge on any atom is -0.486 e. The number of piperidine rings is 2. The molecule has 4 aliphatic heterocycles. The van der Waals surface area contributed by atoms with E-state index in [0.29, 0.717) is 11.8 Å². The van der Waals surface area contributed by atoms with E-state index in [0.717, 1.165) is 87.6 Å². The Morgan fingerprint density at radius 1 is 1.13 bits per heavy atom. The van der Waals surface area contributed by atoms with Gasteiger partial charge in [0, 0.05) is 54.5 Å². The molecule has 0 bridgehead atoms. The summed E-state index contributed by atoms with van der Waals surface area (Å²) in [5.41, 5.74) is 0.635. The monoisotopic (exact) mass is 432 g/mol. The smallest absolute Gasteiger partial charge is 0.228 e. The molecule has 4 aliphatic rings. The maximum Gasteiger partial charge on any atom is 0.228 e.